The van der Waals surface area contributed by atoms with E-state index in [-0.39, 0.29) is 12.2 Å². The van der Waals surface area contributed by atoms with Crippen LogP contribution in [0.4, 0.5) is 0 Å². The van der Waals surface area contributed by atoms with Gasteiger partial charge >= 0.3 is 5.97 Å². The summed E-state index contributed by atoms with van der Waals surface area (Å²) >= 11 is 0. The fourth-order valence-corrected chi connectivity index (χ4v) is 2.47. The van der Waals surface area contributed by atoms with Gasteiger partial charge in [-0.25, -0.2) is 8.42 Å². The molecule has 0 unspecified atom stereocenters. The van der Waals surface area contributed by atoms with Gasteiger partial charge in [-0.3, -0.25) is 4.79 Å². The number of sulfonamides is 1. The van der Waals surface area contributed by atoms with Gasteiger partial charge in [-0.15, -0.1) is 0 Å². The van der Waals surface area contributed by atoms with Gasteiger partial charge in [-0.1, -0.05) is 0 Å². The Morgan fingerprint density at radius 2 is 1.92 bits per heavy atom. The second-order valence-corrected chi connectivity index (χ2v) is 5.15. The first-order valence-corrected chi connectivity index (χ1v) is 5.83. The van der Waals surface area contributed by atoms with Crippen molar-refractivity contribution >= 4 is 16.0 Å². The molecule has 1 saturated heterocycles. The Morgan fingerprint density at radius 1 is 1.31 bits per heavy atom. The second-order valence-electron chi connectivity index (χ2n) is 3.07. The first-order chi connectivity index (χ1) is 6.02. The Bertz CT molecular complexity index is 281. The smallest absolute Gasteiger partial charge is 0.303 e. The maximum Gasteiger partial charge on any atom is 0.303 e. The number of rotatable bonds is 6. The SMILES string of the molecule is O=C(O)CCCCS(=O)(=O)N1CC1. The molecular weight excluding hydrogens is 194 g/mol. The molecule has 1 fully saturated rings. The van der Waals surface area contributed by atoms with E-state index in [0.29, 0.717) is 25.9 Å². The normalized spacial score (nSPS) is 17.2. The van der Waals surface area contributed by atoms with E-state index in [1.54, 1.807) is 0 Å². The highest BCUT2D eigenvalue weighted by molar-refractivity contribution is 7.89. The number of unbranched alkanes of at least 4 members (excludes halogenated alkanes) is 1. The molecule has 13 heavy (non-hydrogen) atoms. The molecule has 0 aromatic carbocycles. The Morgan fingerprint density at radius 3 is 2.38 bits per heavy atom. The summed E-state index contributed by atoms with van der Waals surface area (Å²) in [4.78, 5) is 10.1. The molecule has 1 N–H and O–H groups in total. The predicted molar refractivity (Wildman–Crippen MR) is 46.8 cm³/mol. The minimum atomic E-state index is -3.04. The maximum atomic E-state index is 11.2. The fourth-order valence-electron chi connectivity index (χ4n) is 1.01. The molecule has 0 saturated carbocycles. The summed E-state index contributed by atoms with van der Waals surface area (Å²) in [5, 5.41) is 8.30. The summed E-state index contributed by atoms with van der Waals surface area (Å²) in [7, 11) is -3.04. The van der Waals surface area contributed by atoms with E-state index in [1.807, 2.05) is 0 Å². The molecular formula is C7H13NO4S. The van der Waals surface area contributed by atoms with Gasteiger partial charge in [0.25, 0.3) is 0 Å². The number of carboxylic acids is 1. The zero-order chi connectivity index (χ0) is 9.90. The van der Waals surface area contributed by atoms with E-state index in [1.165, 1.54) is 4.31 Å². The molecule has 0 amide bonds. The lowest BCUT2D eigenvalue weighted by Crippen LogP contribution is -2.15. The first-order valence-electron chi connectivity index (χ1n) is 4.22. The van der Waals surface area contributed by atoms with Crippen molar-refractivity contribution < 1.29 is 18.3 Å². The Balaban J connectivity index is 2.15. The molecule has 1 aliphatic heterocycles. The van der Waals surface area contributed by atoms with Gasteiger partial charge in [0.2, 0.25) is 10.0 Å². The van der Waals surface area contributed by atoms with Crippen LogP contribution in [0.2, 0.25) is 0 Å². The standard InChI is InChI=1S/C7H13NO4S/c9-7(10)3-1-2-6-13(11,12)8-4-5-8/h1-6H2,(H,9,10). The van der Waals surface area contributed by atoms with E-state index in [9.17, 15) is 13.2 Å². The summed E-state index contributed by atoms with van der Waals surface area (Å²) in [6.45, 7) is 1.25. The van der Waals surface area contributed by atoms with E-state index in [0.717, 1.165) is 0 Å². The van der Waals surface area contributed by atoms with Crippen LogP contribution in [-0.2, 0) is 14.8 Å². The zero-order valence-electron chi connectivity index (χ0n) is 7.27. The van der Waals surface area contributed by atoms with E-state index in [2.05, 4.69) is 0 Å². The molecule has 1 aliphatic rings. The average Bonchev–Trinajstić information content (AvgIpc) is 2.79. The molecule has 0 atom stereocenters. The van der Waals surface area contributed by atoms with Crippen molar-refractivity contribution in [3.05, 3.63) is 0 Å². The number of hydrogen-bond acceptors (Lipinski definition) is 3. The lowest BCUT2D eigenvalue weighted by molar-refractivity contribution is -0.137. The minimum Gasteiger partial charge on any atom is -0.481 e. The van der Waals surface area contributed by atoms with Gasteiger partial charge in [0.15, 0.2) is 0 Å². The highest BCUT2D eigenvalue weighted by atomic mass is 32.2. The number of hydrogen-bond donors (Lipinski definition) is 1. The Labute approximate surface area is 77.4 Å². The third kappa shape index (κ3) is 3.73. The highest BCUT2D eigenvalue weighted by Crippen LogP contribution is 2.13. The number of carboxylic acid groups (broad SMARTS) is 1. The van der Waals surface area contributed by atoms with Crippen molar-refractivity contribution in [3.63, 3.8) is 0 Å². The molecule has 0 bridgehead atoms. The molecule has 76 valence electrons. The Kier molecular flexibility index (Phi) is 3.27. The van der Waals surface area contributed by atoms with Crippen molar-refractivity contribution in [3.8, 4) is 0 Å². The van der Waals surface area contributed by atoms with E-state index < -0.39 is 16.0 Å². The van der Waals surface area contributed by atoms with E-state index >= 15 is 0 Å². The molecule has 0 aromatic heterocycles. The molecule has 1 heterocycles. The van der Waals surface area contributed by atoms with Gasteiger partial charge in [0.05, 0.1) is 5.75 Å². The summed E-state index contributed by atoms with van der Waals surface area (Å²) in [5.74, 6) is -0.788. The molecule has 0 aliphatic carbocycles. The maximum absolute atomic E-state index is 11.2. The third-order valence-electron chi connectivity index (χ3n) is 1.84. The van der Waals surface area contributed by atoms with Gasteiger partial charge in [0.1, 0.15) is 0 Å². The van der Waals surface area contributed by atoms with Crippen molar-refractivity contribution in [2.75, 3.05) is 18.8 Å². The van der Waals surface area contributed by atoms with Crippen LogP contribution in [0.15, 0.2) is 0 Å². The first kappa shape index (κ1) is 10.5. The molecule has 0 aromatic rings. The molecule has 0 radical (unpaired) electrons. The van der Waals surface area contributed by atoms with Crippen LogP contribution < -0.4 is 0 Å². The zero-order valence-corrected chi connectivity index (χ0v) is 8.09. The lowest BCUT2D eigenvalue weighted by atomic mass is 10.3. The molecule has 6 heteroatoms. The van der Waals surface area contributed by atoms with Crippen LogP contribution in [0, 0.1) is 0 Å². The Hall–Kier alpha value is -0.620. The average molecular weight is 207 g/mol. The quantitative estimate of drug-likeness (QED) is 0.487. The molecule has 1 rings (SSSR count). The summed E-state index contributed by atoms with van der Waals surface area (Å²) < 4.78 is 23.8. The van der Waals surface area contributed by atoms with Crippen LogP contribution in [0.3, 0.4) is 0 Å². The van der Waals surface area contributed by atoms with Crippen LogP contribution in [-0.4, -0.2) is 42.6 Å². The molecule has 5 nitrogen and oxygen atoms in total. The molecule has 0 spiro atoms. The largest absolute Gasteiger partial charge is 0.481 e. The van der Waals surface area contributed by atoms with Crippen LogP contribution in [0.25, 0.3) is 0 Å². The summed E-state index contributed by atoms with van der Waals surface area (Å²) in [6, 6.07) is 0. The van der Waals surface area contributed by atoms with Crippen molar-refractivity contribution in [1.82, 2.24) is 4.31 Å². The number of aliphatic carboxylic acids is 1. The monoisotopic (exact) mass is 207 g/mol. The second kappa shape index (κ2) is 4.06. The lowest BCUT2D eigenvalue weighted by Gasteiger charge is -2.02. The van der Waals surface area contributed by atoms with Crippen LogP contribution in [0.1, 0.15) is 19.3 Å². The van der Waals surface area contributed by atoms with Gasteiger partial charge in [0, 0.05) is 19.5 Å². The predicted octanol–water partition coefficient (Wildman–Crippen LogP) is -0.113. The minimum absolute atomic E-state index is 0.0511. The van der Waals surface area contributed by atoms with E-state index in [4.69, 9.17) is 5.11 Å². The van der Waals surface area contributed by atoms with Crippen LogP contribution in [0.5, 0.6) is 0 Å². The van der Waals surface area contributed by atoms with Crippen LogP contribution >= 0.6 is 0 Å². The number of carbonyl (C=O) groups is 1. The topological polar surface area (TPSA) is 74.5 Å². The van der Waals surface area contributed by atoms with Crippen molar-refractivity contribution in [1.29, 1.82) is 0 Å². The van der Waals surface area contributed by atoms with Crippen molar-refractivity contribution in [2.45, 2.75) is 19.3 Å². The van der Waals surface area contributed by atoms with Gasteiger partial charge in [-0.2, -0.15) is 4.31 Å². The third-order valence-corrected chi connectivity index (χ3v) is 3.80. The van der Waals surface area contributed by atoms with Gasteiger partial charge < -0.3 is 5.11 Å². The summed E-state index contributed by atoms with van der Waals surface area (Å²) in [6.07, 6.45) is 0.920. The summed E-state index contributed by atoms with van der Waals surface area (Å²) in [5.41, 5.74) is 0. The van der Waals surface area contributed by atoms with Crippen molar-refractivity contribution in [2.24, 2.45) is 0 Å². The number of nitrogens with zero attached hydrogens (tertiary/aromatic N) is 1. The highest BCUT2D eigenvalue weighted by Gasteiger charge is 2.30. The fraction of sp³-hybridized carbons (Fsp3) is 0.857. The van der Waals surface area contributed by atoms with Gasteiger partial charge in [-0.05, 0) is 12.8 Å².